The Balaban J connectivity index is 1.33. The van der Waals surface area contributed by atoms with E-state index < -0.39 is 0 Å². The highest BCUT2D eigenvalue weighted by atomic mass is 15.3. The summed E-state index contributed by atoms with van der Waals surface area (Å²) in [7, 11) is 0. The van der Waals surface area contributed by atoms with E-state index in [1.54, 1.807) is 51.4 Å². The van der Waals surface area contributed by atoms with Gasteiger partial charge in [-0.3, -0.25) is 9.80 Å². The first kappa shape index (κ1) is 45.0. The summed E-state index contributed by atoms with van der Waals surface area (Å²) >= 11 is 0. The molecule has 0 spiro atoms. The normalized spacial score (nSPS) is 36.6. The van der Waals surface area contributed by atoms with E-state index in [0.717, 1.165) is 60.4 Å². The van der Waals surface area contributed by atoms with Crippen LogP contribution in [0, 0.1) is 0 Å². The Kier molecular flexibility index (Phi) is 20.4. The van der Waals surface area contributed by atoms with E-state index in [4.69, 9.17) is 0 Å². The summed E-state index contributed by atoms with van der Waals surface area (Å²) in [4.78, 5) is 7.13. The smallest absolute Gasteiger partial charge is 0.156 e. The fourth-order valence-corrected chi connectivity index (χ4v) is 15.8. The van der Waals surface area contributed by atoms with Crippen LogP contribution in [-0.4, -0.2) is 52.8 Å². The predicted molar refractivity (Wildman–Crippen MR) is 251 cm³/mol. The van der Waals surface area contributed by atoms with Gasteiger partial charge in [0, 0.05) is 36.3 Å². The van der Waals surface area contributed by atoms with Gasteiger partial charge >= 0.3 is 0 Å². The number of hydrogen-bond donors (Lipinski definition) is 0. The van der Waals surface area contributed by atoms with Crippen molar-refractivity contribution in [1.29, 1.82) is 0 Å². The van der Waals surface area contributed by atoms with Gasteiger partial charge in [0.25, 0.3) is 0 Å². The zero-order valence-corrected chi connectivity index (χ0v) is 38.5. The quantitative estimate of drug-likeness (QED) is 0.257. The molecule has 57 heavy (non-hydrogen) atoms. The Bertz CT molecular complexity index is 1020. The van der Waals surface area contributed by atoms with Crippen LogP contribution in [0.5, 0.6) is 0 Å². The first-order valence-corrected chi connectivity index (χ1v) is 28.0. The second-order valence-electron chi connectivity index (χ2n) is 22.2. The lowest BCUT2D eigenvalue weighted by Crippen LogP contribution is -2.72. The van der Waals surface area contributed by atoms with Gasteiger partial charge in [-0.05, 0) is 68.8 Å². The van der Waals surface area contributed by atoms with E-state index in [0.29, 0.717) is 0 Å². The van der Waals surface area contributed by atoms with Crippen molar-refractivity contribution >= 4 is 6.71 Å². The van der Waals surface area contributed by atoms with Crippen molar-refractivity contribution in [2.24, 2.45) is 0 Å². The molecule has 0 N–H and O–H groups in total. The summed E-state index contributed by atoms with van der Waals surface area (Å²) in [6.07, 6.45) is 68.5. The molecule has 0 radical (unpaired) electrons. The van der Waals surface area contributed by atoms with Crippen LogP contribution in [0.1, 0.15) is 289 Å². The first-order valence-electron chi connectivity index (χ1n) is 28.0. The van der Waals surface area contributed by atoms with E-state index in [-0.39, 0.29) is 0 Å². The Morgan fingerprint density at radius 1 is 0.211 bits per heavy atom. The molecule has 0 aromatic heterocycles. The molecule has 0 aromatic carbocycles. The largest absolute Gasteiger partial charge is 0.295 e. The highest BCUT2D eigenvalue weighted by Gasteiger charge is 2.61. The van der Waals surface area contributed by atoms with Gasteiger partial charge in [0.05, 0.1) is 0 Å². The summed E-state index contributed by atoms with van der Waals surface area (Å²) in [5.74, 6) is 2.90. The predicted octanol–water partition coefficient (Wildman–Crippen LogP) is 17.1. The monoisotopic (exact) mass is 787 g/mol. The van der Waals surface area contributed by atoms with Crippen molar-refractivity contribution in [3.63, 3.8) is 0 Å². The van der Waals surface area contributed by atoms with Gasteiger partial charge in [0.1, 0.15) is 0 Å². The lowest BCUT2D eigenvalue weighted by molar-refractivity contribution is -0.0310. The van der Waals surface area contributed by atoms with Gasteiger partial charge in [0.2, 0.25) is 0 Å². The van der Waals surface area contributed by atoms with Gasteiger partial charge in [0.15, 0.2) is 6.71 Å². The van der Waals surface area contributed by atoms with Gasteiger partial charge in [-0.2, -0.15) is 0 Å². The molecule has 2 nitrogen and oxygen atoms in total. The van der Waals surface area contributed by atoms with E-state index in [1.807, 2.05) is 0 Å². The average Bonchev–Trinajstić information content (AvgIpc) is 3.25. The molecule has 0 bridgehead atoms. The molecule has 0 amide bonds. The second kappa shape index (κ2) is 25.8. The Hall–Kier alpha value is -0.0151. The second-order valence-corrected chi connectivity index (χ2v) is 22.2. The summed E-state index contributed by atoms with van der Waals surface area (Å²) in [6, 6.07) is 5.24. The third-order valence-corrected chi connectivity index (χ3v) is 18.4. The topological polar surface area (TPSA) is 6.48 Å². The molecule has 2 saturated heterocycles. The lowest BCUT2D eigenvalue weighted by Gasteiger charge is -2.66. The molecule has 328 valence electrons. The third kappa shape index (κ3) is 13.0. The molecule has 5 aliphatic carbocycles. The van der Waals surface area contributed by atoms with Crippen LogP contribution >= 0.6 is 0 Å². The molecule has 7 unspecified atom stereocenters. The summed E-state index contributed by atoms with van der Waals surface area (Å²) in [5, 5.41) is 0. The van der Waals surface area contributed by atoms with Crippen molar-refractivity contribution in [2.45, 2.75) is 343 Å². The van der Waals surface area contributed by atoms with Crippen molar-refractivity contribution in [1.82, 2.24) is 9.80 Å². The molecule has 5 saturated carbocycles. The maximum absolute atomic E-state index is 3.57. The minimum absolute atomic E-state index is 0.863. The Labute approximate surface area is 357 Å². The van der Waals surface area contributed by atoms with E-state index in [1.165, 1.54) is 238 Å². The van der Waals surface area contributed by atoms with Crippen molar-refractivity contribution < 1.29 is 0 Å². The van der Waals surface area contributed by atoms with E-state index in [2.05, 4.69) is 9.80 Å². The third-order valence-electron chi connectivity index (χ3n) is 18.4. The van der Waals surface area contributed by atoms with Crippen LogP contribution in [0.4, 0.5) is 0 Å². The minimum Gasteiger partial charge on any atom is -0.295 e. The molecule has 7 fully saturated rings. The maximum Gasteiger partial charge on any atom is 0.156 e. The molecule has 0 aromatic rings. The zero-order valence-electron chi connectivity index (χ0n) is 38.5. The minimum atomic E-state index is 0.863. The SMILES string of the molecule is C1CCCCCCC(N2C3CCCCCCC3B3C4CCCCCCCCC4N(C4CCCCCCCCCC4)C4CCCCCCCCCC2C34)CCCCC1. The molecule has 7 atom stereocenters. The average molecular weight is 787 g/mol. The van der Waals surface area contributed by atoms with Gasteiger partial charge < -0.3 is 0 Å². The molecule has 7 aliphatic rings. The van der Waals surface area contributed by atoms with Crippen LogP contribution in [0.25, 0.3) is 0 Å². The van der Waals surface area contributed by atoms with Gasteiger partial charge in [-0.15, -0.1) is 0 Å². The fourth-order valence-electron chi connectivity index (χ4n) is 15.8. The molecular weight excluding hydrogens is 687 g/mol. The van der Waals surface area contributed by atoms with Crippen LogP contribution in [0.15, 0.2) is 0 Å². The highest BCUT2D eigenvalue weighted by molar-refractivity contribution is 6.65. The number of nitrogens with zero attached hydrogens (tertiary/aromatic N) is 2. The van der Waals surface area contributed by atoms with Gasteiger partial charge in [-0.1, -0.05) is 238 Å². The zero-order chi connectivity index (χ0) is 38.7. The van der Waals surface area contributed by atoms with Crippen LogP contribution < -0.4 is 0 Å². The van der Waals surface area contributed by atoms with Crippen LogP contribution in [-0.2, 0) is 0 Å². The molecule has 7 rings (SSSR count). The van der Waals surface area contributed by atoms with Crippen molar-refractivity contribution in [3.8, 4) is 0 Å². The first-order chi connectivity index (χ1) is 28.4. The number of hydrogen-bond acceptors (Lipinski definition) is 2. The summed E-state index contributed by atoms with van der Waals surface area (Å²) < 4.78 is 0. The summed E-state index contributed by atoms with van der Waals surface area (Å²) in [5.41, 5.74) is 0. The standard InChI is InChI=1S/C54H99BN2/c1-2-4-9-17-27-37-47(36-26-16-8-3-1)57-51-43-33-25-24-31-41-49(51)55-48-40-30-20-14-15-21-32-42-50(48)56(46-38-28-18-10-5-6-11-19-29-39-46)52-44-34-22-12-7-13-23-35-45-53(57)54(52)55/h46-54H,1-45H2. The molecular formula is C54H99BN2. The lowest BCUT2D eigenvalue weighted by atomic mass is 9.19. The molecule has 2 heterocycles. The Morgan fingerprint density at radius 2 is 0.421 bits per heavy atom. The van der Waals surface area contributed by atoms with E-state index in [9.17, 15) is 0 Å². The fraction of sp³-hybridized carbons (Fsp3) is 1.00. The Morgan fingerprint density at radius 3 is 0.702 bits per heavy atom. The van der Waals surface area contributed by atoms with E-state index >= 15 is 0 Å². The molecule has 3 heteroatoms. The van der Waals surface area contributed by atoms with Crippen LogP contribution in [0.3, 0.4) is 0 Å². The summed E-state index contributed by atoms with van der Waals surface area (Å²) in [6.45, 7) is 1.01. The maximum atomic E-state index is 3.57. The van der Waals surface area contributed by atoms with Crippen LogP contribution in [0.2, 0.25) is 17.5 Å². The number of fused-ring (bicyclic) bond motifs is 4. The van der Waals surface area contributed by atoms with Crippen molar-refractivity contribution in [3.05, 3.63) is 0 Å². The molecule has 2 aliphatic heterocycles. The highest BCUT2D eigenvalue weighted by Crippen LogP contribution is 2.59. The van der Waals surface area contributed by atoms with Gasteiger partial charge in [-0.25, -0.2) is 0 Å². The van der Waals surface area contributed by atoms with Crippen molar-refractivity contribution in [2.75, 3.05) is 0 Å². The number of rotatable bonds is 2.